The van der Waals surface area contributed by atoms with E-state index in [1.54, 1.807) is 18.0 Å². The summed E-state index contributed by atoms with van der Waals surface area (Å²) in [4.78, 5) is 27.8. The minimum Gasteiger partial charge on any atom is -0.392 e. The molecule has 0 saturated carbocycles. The Morgan fingerprint density at radius 3 is 2.39 bits per heavy atom. The van der Waals surface area contributed by atoms with Gasteiger partial charge in [0, 0.05) is 49.0 Å². The van der Waals surface area contributed by atoms with Gasteiger partial charge in [-0.1, -0.05) is 55.8 Å². The van der Waals surface area contributed by atoms with Crippen molar-refractivity contribution in [3.63, 3.8) is 0 Å². The number of aromatic nitrogens is 1. The van der Waals surface area contributed by atoms with Crippen LogP contribution in [0.1, 0.15) is 68.6 Å². The third-order valence-corrected chi connectivity index (χ3v) is 8.11. The van der Waals surface area contributed by atoms with Gasteiger partial charge in [-0.2, -0.15) is 0 Å². The second kappa shape index (κ2) is 15.7. The SMILES string of the molecule is CC(=O)NCCCCCC(=O)Nc1ccc(C2OC(CSc3ccccn3)C(C)C(c3ccc(CO)cc3)O2)cc1. The van der Waals surface area contributed by atoms with Crippen LogP contribution in [0.25, 0.3) is 0 Å². The van der Waals surface area contributed by atoms with Gasteiger partial charge in [0.15, 0.2) is 6.29 Å². The van der Waals surface area contributed by atoms with E-state index in [-0.39, 0.29) is 36.5 Å². The van der Waals surface area contributed by atoms with Gasteiger partial charge in [0.05, 0.1) is 23.8 Å². The molecule has 4 rings (SSSR count). The molecule has 1 aliphatic rings. The van der Waals surface area contributed by atoms with E-state index in [9.17, 15) is 14.7 Å². The number of hydrogen-bond donors (Lipinski definition) is 3. The minimum absolute atomic E-state index is 0.00206. The highest BCUT2D eigenvalue weighted by molar-refractivity contribution is 7.99. The van der Waals surface area contributed by atoms with Crippen molar-refractivity contribution in [1.29, 1.82) is 0 Å². The number of amides is 2. The fourth-order valence-corrected chi connectivity index (χ4v) is 5.74. The Hall–Kier alpha value is -3.24. The number of hydrogen-bond acceptors (Lipinski definition) is 7. The van der Waals surface area contributed by atoms with E-state index in [2.05, 4.69) is 22.5 Å². The highest BCUT2D eigenvalue weighted by atomic mass is 32.2. The fourth-order valence-electron chi connectivity index (χ4n) is 4.71. The second-order valence-electron chi connectivity index (χ2n) is 10.3. The lowest BCUT2D eigenvalue weighted by Crippen LogP contribution is -2.38. The van der Waals surface area contributed by atoms with E-state index in [4.69, 9.17) is 9.47 Å². The van der Waals surface area contributed by atoms with E-state index in [1.165, 1.54) is 6.92 Å². The Labute approximate surface area is 246 Å². The standard InChI is InChI=1S/C32H39N3O5S/c1-22-28(21-41-30-9-5-7-19-34-30)39-32(40-31(22)25-12-10-24(20-36)11-13-25)26-14-16-27(17-15-26)35-29(38)8-4-3-6-18-33-23(2)37/h5,7,9-17,19,22,28,31-32,36H,3-4,6,8,18,20-21H2,1-2H3,(H,33,37)(H,35,38). The average molecular weight is 578 g/mol. The molecule has 0 spiro atoms. The molecule has 41 heavy (non-hydrogen) atoms. The molecule has 218 valence electrons. The normalized spacial score (nSPS) is 20.4. The van der Waals surface area contributed by atoms with E-state index in [1.807, 2.05) is 66.7 Å². The van der Waals surface area contributed by atoms with Gasteiger partial charge in [-0.25, -0.2) is 4.98 Å². The molecule has 1 fully saturated rings. The second-order valence-corrected chi connectivity index (χ2v) is 11.3. The Balaban J connectivity index is 1.39. The number of aliphatic hydroxyl groups is 1. The average Bonchev–Trinajstić information content (AvgIpc) is 2.99. The van der Waals surface area contributed by atoms with Crippen molar-refractivity contribution in [3.8, 4) is 0 Å². The first kappa shape index (κ1) is 30.7. The van der Waals surface area contributed by atoms with Crippen LogP contribution < -0.4 is 10.6 Å². The number of carbonyl (C=O) groups is 2. The molecule has 0 radical (unpaired) electrons. The molecule has 3 aromatic rings. The summed E-state index contributed by atoms with van der Waals surface area (Å²) in [7, 11) is 0. The number of nitrogens with zero attached hydrogens (tertiary/aromatic N) is 1. The number of benzene rings is 2. The van der Waals surface area contributed by atoms with Crippen molar-refractivity contribution in [1.82, 2.24) is 10.3 Å². The number of anilines is 1. The van der Waals surface area contributed by atoms with Crippen molar-refractivity contribution in [2.45, 2.75) is 69.7 Å². The maximum absolute atomic E-state index is 12.4. The molecule has 1 saturated heterocycles. The zero-order valence-electron chi connectivity index (χ0n) is 23.6. The van der Waals surface area contributed by atoms with Gasteiger partial charge >= 0.3 is 0 Å². The van der Waals surface area contributed by atoms with Gasteiger partial charge in [-0.05, 0) is 48.2 Å². The van der Waals surface area contributed by atoms with E-state index < -0.39 is 6.29 Å². The zero-order chi connectivity index (χ0) is 29.0. The van der Waals surface area contributed by atoms with Crippen LogP contribution >= 0.6 is 11.8 Å². The van der Waals surface area contributed by atoms with Crippen molar-refractivity contribution in [3.05, 3.63) is 89.6 Å². The van der Waals surface area contributed by atoms with E-state index in [0.717, 1.165) is 52.4 Å². The summed E-state index contributed by atoms with van der Waals surface area (Å²) < 4.78 is 13.0. The molecule has 3 N–H and O–H groups in total. The molecular formula is C32H39N3O5S. The first-order chi connectivity index (χ1) is 19.9. The first-order valence-electron chi connectivity index (χ1n) is 14.1. The number of carbonyl (C=O) groups excluding carboxylic acids is 2. The lowest BCUT2D eigenvalue weighted by molar-refractivity contribution is -0.268. The summed E-state index contributed by atoms with van der Waals surface area (Å²) in [6.45, 7) is 4.28. The largest absolute Gasteiger partial charge is 0.392 e. The number of thioether (sulfide) groups is 1. The van der Waals surface area contributed by atoms with Gasteiger partial charge in [0.1, 0.15) is 0 Å². The highest BCUT2D eigenvalue weighted by Crippen LogP contribution is 2.43. The predicted molar refractivity (Wildman–Crippen MR) is 160 cm³/mol. The number of nitrogens with one attached hydrogen (secondary N) is 2. The van der Waals surface area contributed by atoms with Gasteiger partial charge < -0.3 is 25.2 Å². The number of ether oxygens (including phenoxy) is 2. The molecule has 1 aliphatic heterocycles. The number of aliphatic hydroxyl groups excluding tert-OH is 1. The lowest BCUT2D eigenvalue weighted by Gasteiger charge is -2.41. The summed E-state index contributed by atoms with van der Waals surface area (Å²) in [5, 5.41) is 16.1. The highest BCUT2D eigenvalue weighted by Gasteiger charge is 2.38. The quantitative estimate of drug-likeness (QED) is 0.174. The third-order valence-electron chi connectivity index (χ3n) is 7.08. The molecule has 9 heteroatoms. The molecule has 2 amide bonds. The molecule has 8 nitrogen and oxygen atoms in total. The van der Waals surface area contributed by atoms with E-state index in [0.29, 0.717) is 13.0 Å². The fraction of sp³-hybridized carbons (Fsp3) is 0.406. The summed E-state index contributed by atoms with van der Waals surface area (Å²) >= 11 is 1.66. The van der Waals surface area contributed by atoms with Gasteiger partial charge in [-0.15, -0.1) is 11.8 Å². The summed E-state index contributed by atoms with van der Waals surface area (Å²) in [5.74, 6) is 0.742. The maximum atomic E-state index is 12.4. The number of pyridine rings is 1. The minimum atomic E-state index is -0.573. The molecule has 2 aromatic carbocycles. The van der Waals surface area contributed by atoms with Crippen LogP contribution in [0.4, 0.5) is 5.69 Å². The van der Waals surface area contributed by atoms with Crippen molar-refractivity contribution >= 4 is 29.3 Å². The molecule has 4 atom stereocenters. The Bertz CT molecular complexity index is 1240. The molecule has 1 aromatic heterocycles. The van der Waals surface area contributed by atoms with Gasteiger partial charge in [0.2, 0.25) is 11.8 Å². The third kappa shape index (κ3) is 9.39. The monoisotopic (exact) mass is 577 g/mol. The smallest absolute Gasteiger partial charge is 0.224 e. The van der Waals surface area contributed by atoms with Crippen molar-refractivity contribution < 1.29 is 24.2 Å². The van der Waals surface area contributed by atoms with Crippen LogP contribution in [0.5, 0.6) is 0 Å². The van der Waals surface area contributed by atoms with Crippen LogP contribution in [0.15, 0.2) is 78.0 Å². The van der Waals surface area contributed by atoms with Crippen LogP contribution in [0.2, 0.25) is 0 Å². The molecular weight excluding hydrogens is 538 g/mol. The Kier molecular flexibility index (Phi) is 11.7. The molecule has 2 heterocycles. The van der Waals surface area contributed by atoms with Crippen LogP contribution in [-0.4, -0.2) is 40.3 Å². The number of rotatable bonds is 13. The molecule has 0 bridgehead atoms. The summed E-state index contributed by atoms with van der Waals surface area (Å²) in [5.41, 5.74) is 3.49. The molecule has 0 aliphatic carbocycles. The summed E-state index contributed by atoms with van der Waals surface area (Å²) in [6, 6.07) is 21.4. The lowest BCUT2D eigenvalue weighted by atomic mass is 9.91. The zero-order valence-corrected chi connectivity index (χ0v) is 24.4. The van der Waals surface area contributed by atoms with Crippen molar-refractivity contribution in [2.75, 3.05) is 17.6 Å². The first-order valence-corrected chi connectivity index (χ1v) is 15.1. The number of unbranched alkanes of at least 4 members (excludes halogenated alkanes) is 2. The van der Waals surface area contributed by atoms with Crippen LogP contribution in [0.3, 0.4) is 0 Å². The Morgan fingerprint density at radius 1 is 0.951 bits per heavy atom. The topological polar surface area (TPSA) is 110 Å². The molecule has 4 unspecified atom stereocenters. The summed E-state index contributed by atoms with van der Waals surface area (Å²) in [6.07, 6.45) is 3.87. The van der Waals surface area contributed by atoms with Crippen molar-refractivity contribution in [2.24, 2.45) is 5.92 Å². The van der Waals surface area contributed by atoms with Crippen LogP contribution in [-0.2, 0) is 25.7 Å². The van der Waals surface area contributed by atoms with E-state index >= 15 is 0 Å². The Morgan fingerprint density at radius 2 is 1.71 bits per heavy atom. The van der Waals surface area contributed by atoms with Gasteiger partial charge in [-0.3, -0.25) is 9.59 Å². The van der Waals surface area contributed by atoms with Gasteiger partial charge in [0.25, 0.3) is 0 Å². The predicted octanol–water partition coefficient (Wildman–Crippen LogP) is 5.79. The van der Waals surface area contributed by atoms with Crippen LogP contribution in [0, 0.1) is 5.92 Å². The maximum Gasteiger partial charge on any atom is 0.224 e.